The second-order valence-electron chi connectivity index (χ2n) is 6.04. The van der Waals surface area contributed by atoms with E-state index in [4.69, 9.17) is 5.73 Å². The number of hydrogen-bond donors (Lipinski definition) is 1. The van der Waals surface area contributed by atoms with Crippen molar-refractivity contribution < 1.29 is 35.5 Å². The molecule has 2 nitrogen and oxygen atoms in total. The molecule has 0 radical (unpaired) electrons. The van der Waals surface area contributed by atoms with Crippen molar-refractivity contribution in [3.8, 4) is 0 Å². The molecule has 0 aliphatic heterocycles. The van der Waals surface area contributed by atoms with Crippen LogP contribution in [0.25, 0.3) is 0 Å². The Balaban J connectivity index is 2.08. The van der Waals surface area contributed by atoms with E-state index < -0.39 is 55.0 Å². The Kier molecular flexibility index (Phi) is 5.26. The van der Waals surface area contributed by atoms with Crippen molar-refractivity contribution in [3.05, 3.63) is 0 Å². The molecule has 2 aliphatic carbocycles. The monoisotopic (exact) mass is 337 g/mol. The minimum Gasteiger partial charge on any atom is -0.323 e. The van der Waals surface area contributed by atoms with Crippen molar-refractivity contribution in [2.75, 3.05) is 0 Å². The lowest BCUT2D eigenvalue weighted by Crippen LogP contribution is -2.60. The van der Waals surface area contributed by atoms with Crippen LogP contribution < -0.4 is 5.73 Å². The van der Waals surface area contributed by atoms with Gasteiger partial charge in [0, 0.05) is 5.92 Å². The lowest BCUT2D eigenvalue weighted by Gasteiger charge is -2.43. The highest BCUT2D eigenvalue weighted by Crippen LogP contribution is 2.44. The Morgan fingerprint density at radius 1 is 0.864 bits per heavy atom. The van der Waals surface area contributed by atoms with Gasteiger partial charge in [0.25, 0.3) is 0 Å². The van der Waals surface area contributed by atoms with Crippen LogP contribution >= 0.6 is 0 Å². The molecule has 130 valence electrons. The summed E-state index contributed by atoms with van der Waals surface area (Å²) in [7, 11) is 0. The van der Waals surface area contributed by atoms with E-state index in [1.807, 2.05) is 0 Å². The molecule has 6 atom stereocenters. The normalized spacial score (nSPS) is 47.5. The zero-order chi connectivity index (χ0) is 16.7. The van der Waals surface area contributed by atoms with Crippen LogP contribution in [0.2, 0.25) is 0 Å². The van der Waals surface area contributed by atoms with Crippen LogP contribution in [0.5, 0.6) is 0 Å². The van der Waals surface area contributed by atoms with Gasteiger partial charge in [0.1, 0.15) is 24.7 Å². The summed E-state index contributed by atoms with van der Waals surface area (Å²) in [6.07, 6.45) is -15.2. The molecular weight excluding hydrogens is 319 g/mol. The molecule has 0 aromatic rings. The van der Waals surface area contributed by atoms with Gasteiger partial charge in [-0.3, -0.25) is 4.74 Å². The maximum atomic E-state index is 14.0. The van der Waals surface area contributed by atoms with E-state index >= 15 is 0 Å². The first-order chi connectivity index (χ1) is 10.1. The molecule has 22 heavy (non-hydrogen) atoms. The zero-order valence-electron chi connectivity index (χ0n) is 11.6. The van der Waals surface area contributed by atoms with Gasteiger partial charge in [-0.1, -0.05) is 6.42 Å². The fourth-order valence-corrected chi connectivity index (χ4v) is 3.55. The molecule has 0 amide bonds. The predicted molar refractivity (Wildman–Crippen MR) is 63.9 cm³/mol. The number of alkyl halides is 7. The molecule has 9 heteroatoms. The number of nitrogens with two attached hydrogens (primary N) is 1. The average Bonchev–Trinajstić information content (AvgIpc) is 2.42. The molecule has 0 bridgehead atoms. The number of rotatable bonds is 2. The quantitative estimate of drug-likeness (QED) is 0.784. The highest BCUT2D eigenvalue weighted by atomic mass is 19.4. The van der Waals surface area contributed by atoms with E-state index in [1.54, 1.807) is 0 Å². The van der Waals surface area contributed by atoms with E-state index in [2.05, 4.69) is 4.74 Å². The van der Waals surface area contributed by atoms with Gasteiger partial charge < -0.3 is 5.73 Å². The lowest BCUT2D eigenvalue weighted by molar-refractivity contribution is -0.347. The third-order valence-corrected chi connectivity index (χ3v) is 4.59. The van der Waals surface area contributed by atoms with E-state index in [0.29, 0.717) is 0 Å². The molecule has 6 unspecified atom stereocenters. The highest BCUT2D eigenvalue weighted by Gasteiger charge is 2.54. The van der Waals surface area contributed by atoms with E-state index in [1.165, 1.54) is 0 Å². The summed E-state index contributed by atoms with van der Waals surface area (Å²) < 4.78 is 96.0. The fourth-order valence-electron chi connectivity index (χ4n) is 3.55. The van der Waals surface area contributed by atoms with Gasteiger partial charge in [-0.15, -0.1) is 13.2 Å². The lowest BCUT2D eigenvalue weighted by atomic mass is 9.69. The Bertz CT molecular complexity index is 364. The van der Waals surface area contributed by atoms with Crippen molar-refractivity contribution in [1.82, 2.24) is 0 Å². The third-order valence-electron chi connectivity index (χ3n) is 4.59. The SMILES string of the molecule is NC1C(F)C(F)C(C2CCCC(OC(F)(F)F)C2)C(F)C1F. The Labute approximate surface area is 123 Å². The molecule has 2 saturated carbocycles. The van der Waals surface area contributed by atoms with Crippen molar-refractivity contribution in [2.24, 2.45) is 17.6 Å². The second-order valence-corrected chi connectivity index (χ2v) is 6.04. The number of ether oxygens (including phenoxy) is 1. The van der Waals surface area contributed by atoms with Crippen LogP contribution in [0.1, 0.15) is 25.7 Å². The molecule has 0 aromatic heterocycles. The van der Waals surface area contributed by atoms with Crippen LogP contribution in [0, 0.1) is 11.8 Å². The highest BCUT2D eigenvalue weighted by molar-refractivity contribution is 5.03. The summed E-state index contributed by atoms with van der Waals surface area (Å²) >= 11 is 0. The number of halogens is 7. The van der Waals surface area contributed by atoms with Crippen LogP contribution in [-0.2, 0) is 4.74 Å². The fraction of sp³-hybridized carbons (Fsp3) is 1.00. The summed E-state index contributed by atoms with van der Waals surface area (Å²) in [4.78, 5) is 0. The van der Waals surface area contributed by atoms with Gasteiger partial charge in [0.2, 0.25) is 0 Å². The summed E-state index contributed by atoms with van der Waals surface area (Å²) in [6.45, 7) is 0. The third kappa shape index (κ3) is 3.67. The van der Waals surface area contributed by atoms with Crippen LogP contribution in [0.4, 0.5) is 30.7 Å². The van der Waals surface area contributed by atoms with Crippen molar-refractivity contribution >= 4 is 0 Å². The minimum atomic E-state index is -4.85. The summed E-state index contributed by atoms with van der Waals surface area (Å²) in [5.41, 5.74) is 5.10. The molecule has 2 N–H and O–H groups in total. The first kappa shape index (κ1) is 17.8. The molecule has 0 saturated heterocycles. The standard InChI is InChI=1S/C13H18F7NO/c14-8-7(9(15)11(17)12(21)10(8)16)5-2-1-3-6(4-5)22-13(18,19)20/h5-12H,1-4,21H2. The minimum absolute atomic E-state index is 0.0915. The first-order valence-electron chi connectivity index (χ1n) is 7.18. The summed E-state index contributed by atoms with van der Waals surface area (Å²) in [6, 6.07) is -1.90. The number of hydrogen-bond acceptors (Lipinski definition) is 2. The van der Waals surface area contributed by atoms with Gasteiger partial charge in [-0.25, -0.2) is 17.6 Å². The van der Waals surface area contributed by atoms with Gasteiger partial charge in [-0.05, 0) is 25.2 Å². The van der Waals surface area contributed by atoms with Crippen molar-refractivity contribution in [3.63, 3.8) is 0 Å². The van der Waals surface area contributed by atoms with Gasteiger partial charge >= 0.3 is 6.36 Å². The Hall–Kier alpha value is -0.570. The van der Waals surface area contributed by atoms with Gasteiger partial charge in [0.05, 0.1) is 12.1 Å². The smallest absolute Gasteiger partial charge is 0.323 e. The van der Waals surface area contributed by atoms with Crippen molar-refractivity contribution in [1.29, 1.82) is 0 Å². The molecule has 0 aromatic carbocycles. The molecule has 2 rings (SSSR count). The zero-order valence-corrected chi connectivity index (χ0v) is 11.6. The molecule has 2 aliphatic rings. The van der Waals surface area contributed by atoms with Crippen molar-refractivity contribution in [2.45, 2.75) is 68.9 Å². The Morgan fingerprint density at radius 2 is 1.41 bits per heavy atom. The first-order valence-corrected chi connectivity index (χ1v) is 7.18. The van der Waals surface area contributed by atoms with E-state index in [0.717, 1.165) is 0 Å². The van der Waals surface area contributed by atoms with E-state index in [9.17, 15) is 30.7 Å². The van der Waals surface area contributed by atoms with Crippen LogP contribution in [0.3, 0.4) is 0 Å². The maximum Gasteiger partial charge on any atom is 0.522 e. The Morgan fingerprint density at radius 3 is 1.91 bits per heavy atom. The van der Waals surface area contributed by atoms with Gasteiger partial charge in [0.15, 0.2) is 0 Å². The van der Waals surface area contributed by atoms with Gasteiger partial charge in [-0.2, -0.15) is 0 Å². The maximum absolute atomic E-state index is 14.0. The topological polar surface area (TPSA) is 35.2 Å². The molecule has 2 fully saturated rings. The molecular formula is C13H18F7NO. The molecule has 0 heterocycles. The van der Waals surface area contributed by atoms with Crippen LogP contribution in [-0.4, -0.2) is 43.2 Å². The summed E-state index contributed by atoms with van der Waals surface area (Å²) in [5, 5.41) is 0. The van der Waals surface area contributed by atoms with E-state index in [-0.39, 0.29) is 25.7 Å². The predicted octanol–water partition coefficient (Wildman–Crippen LogP) is 3.39. The molecule has 0 spiro atoms. The second kappa shape index (κ2) is 6.51. The largest absolute Gasteiger partial charge is 0.522 e. The average molecular weight is 337 g/mol. The summed E-state index contributed by atoms with van der Waals surface area (Å²) in [5.74, 6) is -2.54. The van der Waals surface area contributed by atoms with Crippen LogP contribution in [0.15, 0.2) is 0 Å².